The van der Waals surface area contributed by atoms with Gasteiger partial charge in [-0.25, -0.2) is 0 Å². The van der Waals surface area contributed by atoms with Gasteiger partial charge < -0.3 is 4.11 Å². The van der Waals surface area contributed by atoms with Crippen molar-refractivity contribution in [1.82, 2.24) is 0 Å². The van der Waals surface area contributed by atoms with Gasteiger partial charge in [0.05, 0.1) is 0 Å². The molecular weight excluding hydrogens is 539 g/mol. The molecule has 0 amide bonds. The molecule has 0 saturated heterocycles. The molecule has 0 aliphatic carbocycles. The minimum absolute atomic E-state index is 0.883. The Balaban J connectivity index is 1.66. The van der Waals surface area contributed by atoms with E-state index in [0.717, 1.165) is 26.3 Å². The van der Waals surface area contributed by atoms with Gasteiger partial charge in [-0.15, -0.1) is 0 Å². The van der Waals surface area contributed by atoms with E-state index in [1.165, 1.54) is 15.9 Å². The van der Waals surface area contributed by atoms with Crippen molar-refractivity contribution < 1.29 is 4.11 Å². The molecule has 6 aromatic carbocycles. The van der Waals surface area contributed by atoms with E-state index in [-0.39, 0.29) is 0 Å². The van der Waals surface area contributed by atoms with Crippen LogP contribution >= 0.6 is 7.92 Å². The molecule has 0 spiro atoms. The first-order valence-electron chi connectivity index (χ1n) is 13.7. The van der Waals surface area contributed by atoms with Crippen LogP contribution in [0.25, 0.3) is 10.8 Å². The molecule has 6 rings (SSSR count). The van der Waals surface area contributed by atoms with Gasteiger partial charge in [0.2, 0.25) is 0 Å². The summed E-state index contributed by atoms with van der Waals surface area (Å²) >= 11 is 0. The average molecular weight is 571 g/mol. The molecular formula is C36H32FPSi2. The molecule has 0 nitrogen and oxygen atoms in total. The second-order valence-electron chi connectivity index (χ2n) is 10.5. The van der Waals surface area contributed by atoms with Crippen LogP contribution in [0.5, 0.6) is 0 Å². The van der Waals surface area contributed by atoms with Crippen molar-refractivity contribution >= 4 is 65.7 Å². The van der Waals surface area contributed by atoms with Gasteiger partial charge >= 0.3 is 0 Å². The Bertz CT molecular complexity index is 1640. The summed E-state index contributed by atoms with van der Waals surface area (Å²) in [6.07, 6.45) is 0. The van der Waals surface area contributed by atoms with Crippen molar-refractivity contribution in [2.24, 2.45) is 0 Å². The normalized spacial score (nSPS) is 13.3. The van der Waals surface area contributed by atoms with Crippen LogP contribution < -0.4 is 31.5 Å². The highest BCUT2D eigenvalue weighted by molar-refractivity contribution is 7.80. The van der Waals surface area contributed by atoms with E-state index >= 15 is 4.11 Å². The third kappa shape index (κ3) is 4.59. The maximum absolute atomic E-state index is 18.4. The van der Waals surface area contributed by atoms with Crippen LogP contribution in [0.1, 0.15) is 0 Å². The predicted octanol–water partition coefficient (Wildman–Crippen LogP) is 6.32. The van der Waals surface area contributed by atoms with Crippen LogP contribution in [0, 0.1) is 0 Å². The summed E-state index contributed by atoms with van der Waals surface area (Å²) in [5, 5.41) is 9.23. The molecule has 6 aromatic rings. The van der Waals surface area contributed by atoms with Crippen LogP contribution in [0.2, 0.25) is 13.1 Å². The van der Waals surface area contributed by atoms with Gasteiger partial charge in [0.25, 0.3) is 7.93 Å². The Kier molecular flexibility index (Phi) is 7.38. The number of hydrogen-bond acceptors (Lipinski definition) is 0. The molecule has 0 fully saturated rings. The molecule has 4 heteroatoms. The zero-order valence-corrected chi connectivity index (χ0v) is 25.7. The van der Waals surface area contributed by atoms with Crippen LogP contribution in [0.3, 0.4) is 0 Å². The summed E-state index contributed by atoms with van der Waals surface area (Å²) in [4.78, 5) is 0. The molecule has 0 aliphatic heterocycles. The summed E-state index contributed by atoms with van der Waals surface area (Å²) < 4.78 is 18.4. The van der Waals surface area contributed by atoms with E-state index in [9.17, 15) is 0 Å². The molecule has 0 bridgehead atoms. The summed E-state index contributed by atoms with van der Waals surface area (Å²) in [5.41, 5.74) is 0. The number of benzene rings is 6. The Labute approximate surface area is 239 Å². The van der Waals surface area contributed by atoms with E-state index < -0.39 is 23.4 Å². The topological polar surface area (TPSA) is 0 Å². The third-order valence-corrected chi connectivity index (χ3v) is 25.2. The van der Waals surface area contributed by atoms with Crippen molar-refractivity contribution in [2.75, 3.05) is 0 Å². The van der Waals surface area contributed by atoms with Gasteiger partial charge in [0.15, 0.2) is 0 Å². The van der Waals surface area contributed by atoms with Gasteiger partial charge in [-0.2, -0.15) is 0 Å². The average Bonchev–Trinajstić information content (AvgIpc) is 3.02. The van der Waals surface area contributed by atoms with E-state index in [1.807, 2.05) is 18.7 Å². The van der Waals surface area contributed by atoms with Crippen LogP contribution in [-0.2, 0) is 0 Å². The lowest BCUT2D eigenvalue weighted by Crippen LogP contribution is -2.76. The standard InChI is InChI=1S/C36H32FPSi2/c1-39(32-23-11-5-12-24-32,33-25-13-6-14-26-33)40(2,37)35-28-16-18-29-17-15-27-34(36(29)35)38(30-19-7-3-8-20-30)31-21-9-4-10-22-31/h3-28H,1-2H3/t40-/m0/s1. The van der Waals surface area contributed by atoms with Gasteiger partial charge in [0, 0.05) is 0 Å². The fourth-order valence-electron chi connectivity index (χ4n) is 6.00. The molecule has 0 aromatic heterocycles. The largest absolute Gasteiger partial charge is 0.311 e. The van der Waals surface area contributed by atoms with Gasteiger partial charge in [0.1, 0.15) is 7.59 Å². The molecule has 196 valence electrons. The molecule has 0 N–H and O–H groups in total. The zero-order chi connectivity index (χ0) is 27.6. The van der Waals surface area contributed by atoms with Crippen molar-refractivity contribution in [3.63, 3.8) is 0 Å². The van der Waals surface area contributed by atoms with Crippen LogP contribution in [-0.4, -0.2) is 15.5 Å². The maximum atomic E-state index is 18.4. The molecule has 1 atom stereocenters. The van der Waals surface area contributed by atoms with E-state index in [4.69, 9.17) is 0 Å². The van der Waals surface area contributed by atoms with Crippen LogP contribution in [0.4, 0.5) is 4.11 Å². The Morgan fingerprint density at radius 1 is 0.475 bits per heavy atom. The highest BCUT2D eigenvalue weighted by Crippen LogP contribution is 2.36. The van der Waals surface area contributed by atoms with Crippen molar-refractivity contribution in [3.05, 3.63) is 158 Å². The maximum Gasteiger partial charge on any atom is 0.270 e. The Morgan fingerprint density at radius 3 is 1.38 bits per heavy atom. The Morgan fingerprint density at radius 2 is 0.900 bits per heavy atom. The first-order chi connectivity index (χ1) is 19.5. The lowest BCUT2D eigenvalue weighted by atomic mass is 10.1. The summed E-state index contributed by atoms with van der Waals surface area (Å²) in [5.74, 6) is 0. The van der Waals surface area contributed by atoms with Crippen molar-refractivity contribution in [2.45, 2.75) is 13.1 Å². The lowest BCUT2D eigenvalue weighted by Gasteiger charge is -2.39. The Hall–Kier alpha value is -3.63. The summed E-state index contributed by atoms with van der Waals surface area (Å²) in [6.45, 7) is 4.22. The predicted molar refractivity (Wildman–Crippen MR) is 179 cm³/mol. The van der Waals surface area contributed by atoms with E-state index in [0.29, 0.717) is 0 Å². The van der Waals surface area contributed by atoms with Crippen molar-refractivity contribution in [1.29, 1.82) is 0 Å². The molecule has 0 unspecified atom stereocenters. The van der Waals surface area contributed by atoms with E-state index in [2.05, 4.69) is 152 Å². The number of rotatable bonds is 7. The SMILES string of the molecule is C[Si](c1ccccc1)(c1ccccc1)[Si@](C)(F)c1cccc2cccc(P(c3ccccc3)c3ccccc3)c12. The second kappa shape index (κ2) is 11.1. The smallest absolute Gasteiger partial charge is 0.270 e. The fourth-order valence-corrected chi connectivity index (χ4v) is 19.9. The minimum Gasteiger partial charge on any atom is -0.311 e. The lowest BCUT2D eigenvalue weighted by molar-refractivity contribution is 0.840. The summed E-state index contributed by atoms with van der Waals surface area (Å²) in [6, 6.07) is 55.2. The van der Waals surface area contributed by atoms with E-state index in [1.54, 1.807) is 0 Å². The first kappa shape index (κ1) is 26.6. The summed E-state index contributed by atoms with van der Waals surface area (Å²) in [7, 11) is -7.32. The van der Waals surface area contributed by atoms with Crippen LogP contribution in [0.15, 0.2) is 158 Å². The highest BCUT2D eigenvalue weighted by Gasteiger charge is 2.55. The zero-order valence-electron chi connectivity index (χ0n) is 22.8. The number of fused-ring (bicyclic) bond motifs is 1. The number of halogens is 1. The van der Waals surface area contributed by atoms with Gasteiger partial charge in [-0.1, -0.05) is 175 Å². The molecule has 0 radical (unpaired) electrons. The molecule has 40 heavy (non-hydrogen) atoms. The number of hydrogen-bond donors (Lipinski definition) is 0. The third-order valence-electron chi connectivity index (χ3n) is 8.30. The molecule has 0 aliphatic rings. The van der Waals surface area contributed by atoms with Crippen molar-refractivity contribution in [3.8, 4) is 0 Å². The quantitative estimate of drug-likeness (QED) is 0.120. The minimum atomic E-state index is -3.61. The highest BCUT2D eigenvalue weighted by atomic mass is 31.1. The fraction of sp³-hybridized carbons (Fsp3) is 0.0556. The molecule has 0 heterocycles. The monoisotopic (exact) mass is 570 g/mol. The first-order valence-corrected chi connectivity index (χ1v) is 21.0. The van der Waals surface area contributed by atoms with Gasteiger partial charge in [-0.05, 0) is 46.3 Å². The second-order valence-corrected chi connectivity index (χ2v) is 24.5. The molecule has 0 saturated carbocycles. The van der Waals surface area contributed by atoms with Gasteiger partial charge in [-0.3, -0.25) is 0 Å².